The highest BCUT2D eigenvalue weighted by atomic mass is 16.5. The van der Waals surface area contributed by atoms with Gasteiger partial charge in [-0.15, -0.1) is 0 Å². The second-order valence-electron chi connectivity index (χ2n) is 4.42. The maximum absolute atomic E-state index is 11.9. The minimum atomic E-state index is -0.315. The number of hydrogen-bond acceptors (Lipinski definition) is 3. The van der Waals surface area contributed by atoms with Gasteiger partial charge in [-0.05, 0) is 30.9 Å². The maximum Gasteiger partial charge on any atom is 0.161 e. The molecule has 17 heavy (non-hydrogen) atoms. The van der Waals surface area contributed by atoms with Crippen molar-refractivity contribution in [3.63, 3.8) is 0 Å². The van der Waals surface area contributed by atoms with E-state index in [2.05, 4.69) is 0 Å². The van der Waals surface area contributed by atoms with Crippen LogP contribution in [0.25, 0.3) is 0 Å². The lowest BCUT2D eigenvalue weighted by Gasteiger charge is -2.26. The molecule has 1 aromatic rings. The third-order valence-electron chi connectivity index (χ3n) is 3.34. The van der Waals surface area contributed by atoms with Crippen molar-refractivity contribution >= 4 is 5.78 Å². The minimum Gasteiger partial charge on any atom is -0.493 e. The minimum absolute atomic E-state index is 0.161. The lowest BCUT2D eigenvalue weighted by Crippen LogP contribution is -2.24. The van der Waals surface area contributed by atoms with E-state index in [-0.39, 0.29) is 17.8 Å². The number of hydrogen-bond donors (Lipinski definition) is 0. The summed E-state index contributed by atoms with van der Waals surface area (Å²) in [4.78, 5) is 11.9. The molecule has 0 aliphatic carbocycles. The number of fused-ring (bicyclic) bond motifs is 1. The molecule has 1 aromatic carbocycles. The van der Waals surface area contributed by atoms with Crippen molar-refractivity contribution < 1.29 is 14.3 Å². The van der Waals surface area contributed by atoms with Crippen molar-refractivity contribution in [2.45, 2.75) is 31.8 Å². The smallest absolute Gasteiger partial charge is 0.161 e. The molecule has 0 radical (unpaired) electrons. The largest absolute Gasteiger partial charge is 0.493 e. The zero-order valence-electron chi connectivity index (χ0n) is 10.3. The summed E-state index contributed by atoms with van der Waals surface area (Å²) in [5.74, 6) is 1.35. The van der Waals surface area contributed by atoms with Crippen LogP contribution in [0.3, 0.4) is 0 Å². The number of methoxy groups -OCH3 is 1. The number of rotatable bonds is 4. The highest BCUT2D eigenvalue weighted by Crippen LogP contribution is 2.35. The average molecular weight is 234 g/mol. The summed E-state index contributed by atoms with van der Waals surface area (Å²) in [5.41, 5.74) is 1.15. The molecule has 2 rings (SSSR count). The van der Waals surface area contributed by atoms with E-state index in [0.717, 1.165) is 17.7 Å². The molecule has 0 fully saturated rings. The Bertz CT molecular complexity index is 400. The first-order valence-electron chi connectivity index (χ1n) is 5.99. The standard InChI is InChI=1S/C14H18O3/c1-10(16-2)13(15)9-11-7-8-17-14-6-4-3-5-12(11)14/h3-6,10-11H,7-9H2,1-2H3. The van der Waals surface area contributed by atoms with Gasteiger partial charge in [0.15, 0.2) is 5.78 Å². The monoisotopic (exact) mass is 234 g/mol. The van der Waals surface area contributed by atoms with E-state index < -0.39 is 0 Å². The van der Waals surface area contributed by atoms with Crippen molar-refractivity contribution in [1.29, 1.82) is 0 Å². The summed E-state index contributed by atoms with van der Waals surface area (Å²) in [6.07, 6.45) is 1.12. The van der Waals surface area contributed by atoms with E-state index in [1.54, 1.807) is 14.0 Å². The second-order valence-corrected chi connectivity index (χ2v) is 4.42. The molecule has 0 amide bonds. The molecule has 0 saturated carbocycles. The molecule has 3 heteroatoms. The molecule has 1 heterocycles. The Kier molecular flexibility index (Phi) is 3.79. The molecule has 3 nitrogen and oxygen atoms in total. The van der Waals surface area contributed by atoms with E-state index in [4.69, 9.17) is 9.47 Å². The van der Waals surface area contributed by atoms with Crippen LogP contribution in [0, 0.1) is 0 Å². The lowest BCUT2D eigenvalue weighted by atomic mass is 9.88. The Morgan fingerprint density at radius 2 is 2.29 bits per heavy atom. The van der Waals surface area contributed by atoms with Crippen molar-refractivity contribution in [3.8, 4) is 5.75 Å². The van der Waals surface area contributed by atoms with Gasteiger partial charge in [0, 0.05) is 13.5 Å². The number of ether oxygens (including phenoxy) is 2. The van der Waals surface area contributed by atoms with Crippen molar-refractivity contribution in [3.05, 3.63) is 29.8 Å². The van der Waals surface area contributed by atoms with Gasteiger partial charge in [-0.3, -0.25) is 4.79 Å². The Balaban J connectivity index is 2.11. The molecule has 92 valence electrons. The third-order valence-corrected chi connectivity index (χ3v) is 3.34. The van der Waals surface area contributed by atoms with E-state index in [9.17, 15) is 4.79 Å². The number of benzene rings is 1. The summed E-state index contributed by atoms with van der Waals surface area (Å²) in [6, 6.07) is 7.96. The number of Topliss-reactive ketones (excluding diaryl/α,β-unsaturated/α-hetero) is 1. The molecular weight excluding hydrogens is 216 g/mol. The van der Waals surface area contributed by atoms with E-state index >= 15 is 0 Å². The number of carbonyl (C=O) groups excluding carboxylic acids is 1. The molecular formula is C14H18O3. The van der Waals surface area contributed by atoms with Gasteiger partial charge < -0.3 is 9.47 Å². The molecule has 1 aliphatic heterocycles. The van der Waals surface area contributed by atoms with Gasteiger partial charge in [-0.2, -0.15) is 0 Å². The van der Waals surface area contributed by atoms with Crippen LogP contribution in [-0.2, 0) is 9.53 Å². The van der Waals surface area contributed by atoms with Gasteiger partial charge in [-0.25, -0.2) is 0 Å². The van der Waals surface area contributed by atoms with Gasteiger partial charge in [0.05, 0.1) is 6.61 Å². The zero-order chi connectivity index (χ0) is 12.3. The number of para-hydroxylation sites is 1. The predicted octanol–water partition coefficient (Wildman–Crippen LogP) is 2.55. The quantitative estimate of drug-likeness (QED) is 0.803. The van der Waals surface area contributed by atoms with Gasteiger partial charge in [0.1, 0.15) is 11.9 Å². The topological polar surface area (TPSA) is 35.5 Å². The highest BCUT2D eigenvalue weighted by molar-refractivity contribution is 5.83. The maximum atomic E-state index is 11.9. The van der Waals surface area contributed by atoms with Crippen LogP contribution in [-0.4, -0.2) is 25.6 Å². The molecule has 2 atom stereocenters. The van der Waals surface area contributed by atoms with Crippen molar-refractivity contribution in [2.24, 2.45) is 0 Å². The van der Waals surface area contributed by atoms with E-state index in [1.807, 2.05) is 24.3 Å². The first-order chi connectivity index (χ1) is 8.22. The number of carbonyl (C=O) groups is 1. The fourth-order valence-electron chi connectivity index (χ4n) is 2.17. The first kappa shape index (κ1) is 12.1. The molecule has 0 N–H and O–H groups in total. The first-order valence-corrected chi connectivity index (χ1v) is 5.99. The van der Waals surface area contributed by atoms with Gasteiger partial charge >= 0.3 is 0 Å². The summed E-state index contributed by atoms with van der Waals surface area (Å²) in [7, 11) is 1.57. The lowest BCUT2D eigenvalue weighted by molar-refractivity contribution is -0.128. The van der Waals surface area contributed by atoms with Gasteiger partial charge in [0.25, 0.3) is 0 Å². The van der Waals surface area contributed by atoms with Crippen LogP contribution in [0.15, 0.2) is 24.3 Å². The molecule has 0 spiro atoms. The molecule has 2 unspecified atom stereocenters. The van der Waals surface area contributed by atoms with Crippen LogP contribution in [0.4, 0.5) is 0 Å². The molecule has 1 aliphatic rings. The van der Waals surface area contributed by atoms with Crippen molar-refractivity contribution in [2.75, 3.05) is 13.7 Å². The van der Waals surface area contributed by atoms with Crippen LogP contribution in [0.1, 0.15) is 31.2 Å². The Hall–Kier alpha value is -1.35. The summed E-state index contributed by atoms with van der Waals surface area (Å²) >= 11 is 0. The van der Waals surface area contributed by atoms with Crippen molar-refractivity contribution in [1.82, 2.24) is 0 Å². The van der Waals surface area contributed by atoms with Gasteiger partial charge in [0.2, 0.25) is 0 Å². The SMILES string of the molecule is COC(C)C(=O)CC1CCOc2ccccc21. The predicted molar refractivity (Wildman–Crippen MR) is 65.4 cm³/mol. The summed E-state index contributed by atoms with van der Waals surface area (Å²) < 4.78 is 10.6. The Morgan fingerprint density at radius 3 is 3.06 bits per heavy atom. The fourth-order valence-corrected chi connectivity index (χ4v) is 2.17. The van der Waals surface area contributed by atoms with Gasteiger partial charge in [-0.1, -0.05) is 18.2 Å². The van der Waals surface area contributed by atoms with Crippen LogP contribution in [0.2, 0.25) is 0 Å². The fraction of sp³-hybridized carbons (Fsp3) is 0.500. The number of ketones is 1. The summed E-state index contributed by atoms with van der Waals surface area (Å²) in [5, 5.41) is 0. The van der Waals surface area contributed by atoms with Crippen LogP contribution in [0.5, 0.6) is 5.75 Å². The van der Waals surface area contributed by atoms with Crippen LogP contribution < -0.4 is 4.74 Å². The van der Waals surface area contributed by atoms with E-state index in [0.29, 0.717) is 13.0 Å². The molecule has 0 aromatic heterocycles. The Morgan fingerprint density at radius 1 is 1.53 bits per heavy atom. The molecule has 0 saturated heterocycles. The third kappa shape index (κ3) is 2.67. The zero-order valence-corrected chi connectivity index (χ0v) is 10.3. The van der Waals surface area contributed by atoms with Crippen LogP contribution >= 0.6 is 0 Å². The molecule has 0 bridgehead atoms. The highest BCUT2D eigenvalue weighted by Gasteiger charge is 2.25. The second kappa shape index (κ2) is 5.32. The normalized spacial score (nSPS) is 20.2. The van der Waals surface area contributed by atoms with E-state index in [1.165, 1.54) is 0 Å². The summed E-state index contributed by atoms with van der Waals surface area (Å²) in [6.45, 7) is 2.49. The Labute approximate surface area is 102 Å². The average Bonchev–Trinajstić information content (AvgIpc) is 2.38.